The molecule has 1 aromatic heterocycles. The van der Waals surface area contributed by atoms with Crippen LogP contribution in [-0.4, -0.2) is 37.2 Å². The van der Waals surface area contributed by atoms with Crippen LogP contribution in [0.2, 0.25) is 0 Å². The molecule has 0 N–H and O–H groups in total. The summed E-state index contributed by atoms with van der Waals surface area (Å²) in [5, 5.41) is 0. The van der Waals surface area contributed by atoms with Gasteiger partial charge in [0.1, 0.15) is 0 Å². The molecule has 0 bridgehead atoms. The van der Waals surface area contributed by atoms with Crippen LogP contribution < -0.4 is 0 Å². The Labute approximate surface area is 99.6 Å². The van der Waals surface area contributed by atoms with E-state index in [0.717, 1.165) is 36.3 Å². The zero-order chi connectivity index (χ0) is 11.1. The van der Waals surface area contributed by atoms with Crippen molar-refractivity contribution < 1.29 is 4.74 Å². The monoisotopic (exact) mass is 272 g/mol. The number of methoxy groups -OCH3 is 1. The van der Waals surface area contributed by atoms with Crippen molar-refractivity contribution >= 4 is 15.9 Å². The second-order valence-corrected chi connectivity index (χ2v) is 4.47. The molecule has 0 radical (unpaired) electrons. The quantitative estimate of drug-likeness (QED) is 0.744. The van der Waals surface area contributed by atoms with Crippen LogP contribution >= 0.6 is 15.9 Å². The molecule has 1 heterocycles. The first-order chi connectivity index (χ1) is 7.22. The molecule has 4 heteroatoms. The lowest BCUT2D eigenvalue weighted by molar-refractivity contribution is 0.178. The van der Waals surface area contributed by atoms with Crippen molar-refractivity contribution in [3.8, 4) is 0 Å². The Balaban J connectivity index is 2.31. The van der Waals surface area contributed by atoms with Gasteiger partial charge < -0.3 is 9.64 Å². The SMILES string of the molecule is COCCCN(C)Cc1ccc(Br)cn1. The van der Waals surface area contributed by atoms with E-state index in [0.29, 0.717) is 0 Å². The van der Waals surface area contributed by atoms with Crippen LogP contribution in [0.15, 0.2) is 22.8 Å². The van der Waals surface area contributed by atoms with Crippen LogP contribution in [0.5, 0.6) is 0 Å². The summed E-state index contributed by atoms with van der Waals surface area (Å²) >= 11 is 3.37. The lowest BCUT2D eigenvalue weighted by atomic mass is 10.3. The Morgan fingerprint density at radius 1 is 1.47 bits per heavy atom. The largest absolute Gasteiger partial charge is 0.385 e. The maximum atomic E-state index is 5.01. The molecule has 84 valence electrons. The van der Waals surface area contributed by atoms with Crippen molar-refractivity contribution in [2.45, 2.75) is 13.0 Å². The minimum atomic E-state index is 0.818. The Morgan fingerprint density at radius 2 is 2.27 bits per heavy atom. The molecule has 0 saturated heterocycles. The van der Waals surface area contributed by atoms with Crippen LogP contribution in [0.4, 0.5) is 0 Å². The third kappa shape index (κ3) is 5.25. The van der Waals surface area contributed by atoms with Crippen LogP contribution in [0.3, 0.4) is 0 Å². The van der Waals surface area contributed by atoms with Gasteiger partial charge in [-0.15, -0.1) is 0 Å². The van der Waals surface area contributed by atoms with Gasteiger partial charge in [-0.2, -0.15) is 0 Å². The van der Waals surface area contributed by atoms with Gasteiger partial charge in [0.2, 0.25) is 0 Å². The van der Waals surface area contributed by atoms with Crippen LogP contribution in [0.25, 0.3) is 0 Å². The maximum Gasteiger partial charge on any atom is 0.0544 e. The lowest BCUT2D eigenvalue weighted by Crippen LogP contribution is -2.20. The number of ether oxygens (including phenoxy) is 1. The summed E-state index contributed by atoms with van der Waals surface area (Å²) in [4.78, 5) is 6.57. The molecule has 0 amide bonds. The summed E-state index contributed by atoms with van der Waals surface area (Å²) < 4.78 is 6.03. The molecule has 3 nitrogen and oxygen atoms in total. The summed E-state index contributed by atoms with van der Waals surface area (Å²) in [5.74, 6) is 0. The molecule has 0 unspecified atom stereocenters. The Bertz CT molecular complexity index is 276. The van der Waals surface area contributed by atoms with Gasteiger partial charge in [-0.05, 0) is 41.5 Å². The third-order valence-electron chi connectivity index (χ3n) is 2.11. The summed E-state index contributed by atoms with van der Waals surface area (Å²) in [7, 11) is 3.83. The molecule has 0 saturated carbocycles. The second-order valence-electron chi connectivity index (χ2n) is 3.55. The topological polar surface area (TPSA) is 25.4 Å². The van der Waals surface area contributed by atoms with Gasteiger partial charge in [0.15, 0.2) is 0 Å². The number of aromatic nitrogens is 1. The molecule has 1 aromatic rings. The van der Waals surface area contributed by atoms with Crippen LogP contribution in [0, 0.1) is 0 Å². The Kier molecular flexibility index (Phi) is 5.83. The van der Waals surface area contributed by atoms with Crippen molar-refractivity contribution in [3.63, 3.8) is 0 Å². The van der Waals surface area contributed by atoms with Gasteiger partial charge in [0, 0.05) is 37.5 Å². The second kappa shape index (κ2) is 6.93. The normalized spacial score (nSPS) is 10.9. The zero-order valence-corrected chi connectivity index (χ0v) is 10.8. The molecular weight excluding hydrogens is 256 g/mol. The highest BCUT2D eigenvalue weighted by atomic mass is 79.9. The van der Waals surface area contributed by atoms with Crippen molar-refractivity contribution in [2.24, 2.45) is 0 Å². The van der Waals surface area contributed by atoms with E-state index in [-0.39, 0.29) is 0 Å². The number of halogens is 1. The molecule has 0 aliphatic carbocycles. The minimum absolute atomic E-state index is 0.818. The number of rotatable bonds is 6. The highest BCUT2D eigenvalue weighted by Crippen LogP contribution is 2.08. The molecule has 0 fully saturated rings. The smallest absolute Gasteiger partial charge is 0.0544 e. The van der Waals surface area contributed by atoms with E-state index in [2.05, 4.69) is 32.9 Å². The van der Waals surface area contributed by atoms with Crippen molar-refractivity contribution in [1.29, 1.82) is 0 Å². The van der Waals surface area contributed by atoms with Gasteiger partial charge in [-0.25, -0.2) is 0 Å². The van der Waals surface area contributed by atoms with E-state index in [1.165, 1.54) is 0 Å². The van der Waals surface area contributed by atoms with E-state index in [9.17, 15) is 0 Å². The highest BCUT2D eigenvalue weighted by Gasteiger charge is 2.00. The number of nitrogens with zero attached hydrogens (tertiary/aromatic N) is 2. The predicted octanol–water partition coefficient (Wildman–Crippen LogP) is 2.31. The van der Waals surface area contributed by atoms with E-state index < -0.39 is 0 Å². The molecule has 15 heavy (non-hydrogen) atoms. The summed E-state index contributed by atoms with van der Waals surface area (Å²) in [6.07, 6.45) is 2.89. The molecule has 0 aromatic carbocycles. The average molecular weight is 273 g/mol. The fraction of sp³-hybridized carbons (Fsp3) is 0.545. The molecule has 0 aliphatic heterocycles. The standard InChI is InChI=1S/C11H17BrN2O/c1-14(6-3-7-15-2)9-11-5-4-10(12)8-13-11/h4-5,8H,3,6-7,9H2,1-2H3. The molecule has 0 aliphatic rings. The van der Waals surface area contributed by atoms with Crippen molar-refractivity contribution in [1.82, 2.24) is 9.88 Å². The van der Waals surface area contributed by atoms with Gasteiger partial charge in [0.25, 0.3) is 0 Å². The first-order valence-corrected chi connectivity index (χ1v) is 5.79. The summed E-state index contributed by atoms with van der Waals surface area (Å²) in [6.45, 7) is 2.74. The Hall–Kier alpha value is -0.450. The van der Waals surface area contributed by atoms with E-state index in [1.54, 1.807) is 7.11 Å². The van der Waals surface area contributed by atoms with E-state index >= 15 is 0 Å². The maximum absolute atomic E-state index is 5.01. The first kappa shape index (κ1) is 12.6. The van der Waals surface area contributed by atoms with Crippen LogP contribution in [0.1, 0.15) is 12.1 Å². The predicted molar refractivity (Wildman–Crippen MR) is 64.8 cm³/mol. The number of hydrogen-bond donors (Lipinski definition) is 0. The first-order valence-electron chi connectivity index (χ1n) is 5.00. The molecular formula is C11H17BrN2O. The lowest BCUT2D eigenvalue weighted by Gasteiger charge is -2.15. The fourth-order valence-corrected chi connectivity index (χ4v) is 1.57. The molecule has 1 rings (SSSR count). The van der Waals surface area contributed by atoms with Gasteiger partial charge in [-0.3, -0.25) is 4.98 Å². The molecule has 0 spiro atoms. The number of pyridine rings is 1. The van der Waals surface area contributed by atoms with Gasteiger partial charge in [-0.1, -0.05) is 0 Å². The van der Waals surface area contributed by atoms with E-state index in [1.807, 2.05) is 18.3 Å². The van der Waals surface area contributed by atoms with E-state index in [4.69, 9.17) is 4.74 Å². The highest BCUT2D eigenvalue weighted by molar-refractivity contribution is 9.10. The van der Waals surface area contributed by atoms with Crippen molar-refractivity contribution in [2.75, 3.05) is 27.3 Å². The number of hydrogen-bond acceptors (Lipinski definition) is 3. The van der Waals surface area contributed by atoms with Crippen LogP contribution in [-0.2, 0) is 11.3 Å². The summed E-state index contributed by atoms with van der Waals surface area (Å²) in [5.41, 5.74) is 1.10. The van der Waals surface area contributed by atoms with Crippen molar-refractivity contribution in [3.05, 3.63) is 28.5 Å². The third-order valence-corrected chi connectivity index (χ3v) is 2.58. The fourth-order valence-electron chi connectivity index (χ4n) is 1.33. The van der Waals surface area contributed by atoms with Gasteiger partial charge in [0.05, 0.1) is 5.69 Å². The van der Waals surface area contributed by atoms with Gasteiger partial charge >= 0.3 is 0 Å². The molecule has 0 atom stereocenters. The Morgan fingerprint density at radius 3 is 2.87 bits per heavy atom. The summed E-state index contributed by atoms with van der Waals surface area (Å²) in [6, 6.07) is 4.06. The average Bonchev–Trinajstić information content (AvgIpc) is 2.22. The zero-order valence-electron chi connectivity index (χ0n) is 9.24. The minimum Gasteiger partial charge on any atom is -0.385 e.